The molecule has 29 heavy (non-hydrogen) atoms. The Kier molecular flexibility index (Phi) is 5.41. The number of aromatic nitrogens is 2. The second-order valence-electron chi connectivity index (χ2n) is 9.67. The minimum atomic E-state index is 0.106. The third-order valence-corrected chi connectivity index (χ3v) is 5.89. The van der Waals surface area contributed by atoms with Gasteiger partial charge in [-0.1, -0.05) is 24.3 Å². The molecule has 0 unspecified atom stereocenters. The van der Waals surface area contributed by atoms with Gasteiger partial charge >= 0.3 is 0 Å². The average Bonchev–Trinajstić information content (AvgIpc) is 2.66. The highest BCUT2D eigenvalue weighted by Crippen LogP contribution is 2.33. The van der Waals surface area contributed by atoms with Crippen LogP contribution in [-0.2, 0) is 13.1 Å². The van der Waals surface area contributed by atoms with Crippen LogP contribution in [0.1, 0.15) is 51.8 Å². The molecule has 4 nitrogen and oxygen atoms in total. The number of pyridine rings is 2. The van der Waals surface area contributed by atoms with E-state index >= 15 is 0 Å². The number of hydrogen-bond donors (Lipinski definition) is 1. The molecule has 3 heterocycles. The quantitative estimate of drug-likeness (QED) is 0.672. The van der Waals surface area contributed by atoms with Gasteiger partial charge in [0.2, 0.25) is 0 Å². The maximum atomic E-state index is 4.62. The second-order valence-corrected chi connectivity index (χ2v) is 9.67. The zero-order valence-corrected chi connectivity index (χ0v) is 18.0. The van der Waals surface area contributed by atoms with Crippen molar-refractivity contribution in [3.8, 4) is 0 Å². The van der Waals surface area contributed by atoms with Crippen LogP contribution >= 0.6 is 0 Å². The van der Waals surface area contributed by atoms with E-state index in [1.54, 1.807) is 0 Å². The first-order valence-electron chi connectivity index (χ1n) is 10.6. The lowest BCUT2D eigenvalue weighted by atomic mass is 9.79. The van der Waals surface area contributed by atoms with E-state index in [4.69, 9.17) is 0 Å². The average molecular weight is 389 g/mol. The molecule has 0 spiro atoms. The van der Waals surface area contributed by atoms with Gasteiger partial charge in [-0.25, -0.2) is 0 Å². The summed E-state index contributed by atoms with van der Waals surface area (Å²) >= 11 is 0. The fourth-order valence-electron chi connectivity index (χ4n) is 5.06. The molecule has 0 amide bonds. The second kappa shape index (κ2) is 7.85. The SMILES string of the molecule is CC1(C)CC(N(Cc2ccccn2)Cc2cccc3ncccc23)CC(C)(C)N1. The van der Waals surface area contributed by atoms with Crippen molar-refractivity contribution in [3.05, 3.63) is 72.2 Å². The van der Waals surface area contributed by atoms with Gasteiger partial charge in [0.15, 0.2) is 0 Å². The van der Waals surface area contributed by atoms with E-state index in [1.807, 2.05) is 24.5 Å². The molecule has 1 aliphatic heterocycles. The molecule has 0 atom stereocenters. The minimum absolute atomic E-state index is 0.106. The molecule has 1 N–H and O–H groups in total. The van der Waals surface area contributed by atoms with Crippen LogP contribution in [0.3, 0.4) is 0 Å². The van der Waals surface area contributed by atoms with Gasteiger partial charge < -0.3 is 5.32 Å². The normalized spacial score (nSPS) is 18.9. The number of fused-ring (bicyclic) bond motifs is 1. The predicted molar refractivity (Wildman–Crippen MR) is 120 cm³/mol. The van der Waals surface area contributed by atoms with Crippen molar-refractivity contribution in [3.63, 3.8) is 0 Å². The Bertz CT molecular complexity index is 943. The molecule has 152 valence electrons. The smallest absolute Gasteiger partial charge is 0.0705 e. The van der Waals surface area contributed by atoms with Crippen molar-refractivity contribution >= 4 is 10.9 Å². The highest BCUT2D eigenvalue weighted by atomic mass is 15.2. The van der Waals surface area contributed by atoms with Crippen molar-refractivity contribution in [2.24, 2.45) is 0 Å². The van der Waals surface area contributed by atoms with E-state index in [0.29, 0.717) is 6.04 Å². The third kappa shape index (κ3) is 4.82. The van der Waals surface area contributed by atoms with E-state index in [1.165, 1.54) is 10.9 Å². The van der Waals surface area contributed by atoms with E-state index in [2.05, 4.69) is 84.3 Å². The Morgan fingerprint density at radius 1 is 0.862 bits per heavy atom. The largest absolute Gasteiger partial charge is 0.307 e. The molecule has 1 fully saturated rings. The highest BCUT2D eigenvalue weighted by Gasteiger charge is 2.40. The molecule has 3 aromatic rings. The predicted octanol–water partition coefficient (Wildman–Crippen LogP) is 4.94. The number of hydrogen-bond acceptors (Lipinski definition) is 4. The molecule has 1 aromatic carbocycles. The summed E-state index contributed by atoms with van der Waals surface area (Å²) in [4.78, 5) is 11.8. The molecule has 0 radical (unpaired) electrons. The maximum Gasteiger partial charge on any atom is 0.0705 e. The fraction of sp³-hybridized carbons (Fsp3) is 0.440. The van der Waals surface area contributed by atoms with Crippen LogP contribution in [0.5, 0.6) is 0 Å². The molecule has 1 saturated heterocycles. The Morgan fingerprint density at radius 3 is 2.34 bits per heavy atom. The van der Waals surface area contributed by atoms with Crippen LogP contribution in [-0.4, -0.2) is 32.0 Å². The minimum Gasteiger partial charge on any atom is -0.307 e. The summed E-state index contributed by atoms with van der Waals surface area (Å²) in [5.74, 6) is 0. The van der Waals surface area contributed by atoms with Crippen LogP contribution in [0.4, 0.5) is 0 Å². The lowest BCUT2D eigenvalue weighted by Crippen LogP contribution is -2.62. The van der Waals surface area contributed by atoms with Crippen LogP contribution in [0.25, 0.3) is 10.9 Å². The van der Waals surface area contributed by atoms with E-state index in [9.17, 15) is 0 Å². The van der Waals surface area contributed by atoms with Gasteiger partial charge in [-0.2, -0.15) is 0 Å². The molecule has 1 aliphatic rings. The number of nitrogens with zero attached hydrogens (tertiary/aromatic N) is 3. The van der Waals surface area contributed by atoms with Crippen LogP contribution in [0, 0.1) is 0 Å². The van der Waals surface area contributed by atoms with Gasteiger partial charge in [0.05, 0.1) is 11.2 Å². The van der Waals surface area contributed by atoms with Crippen molar-refractivity contribution in [2.45, 2.75) is 70.7 Å². The van der Waals surface area contributed by atoms with Crippen LogP contribution in [0.15, 0.2) is 60.9 Å². The lowest BCUT2D eigenvalue weighted by molar-refractivity contribution is 0.0558. The highest BCUT2D eigenvalue weighted by molar-refractivity contribution is 5.81. The molecule has 0 saturated carbocycles. The molecule has 2 aromatic heterocycles. The van der Waals surface area contributed by atoms with Gasteiger partial charge in [-0.3, -0.25) is 14.9 Å². The number of nitrogens with one attached hydrogen (secondary N) is 1. The standard InChI is InChI=1S/C25H32N4/c1-24(2)15-21(16-25(3,4)28-24)29(18-20-10-5-6-13-26-20)17-19-9-7-12-23-22(19)11-8-14-27-23/h5-14,21,28H,15-18H2,1-4H3. The van der Waals surface area contributed by atoms with Crippen LogP contribution < -0.4 is 5.32 Å². The third-order valence-electron chi connectivity index (χ3n) is 5.89. The first-order chi connectivity index (χ1) is 13.8. The lowest BCUT2D eigenvalue weighted by Gasteiger charge is -2.49. The summed E-state index contributed by atoms with van der Waals surface area (Å²) in [5, 5.41) is 5.07. The Morgan fingerprint density at radius 2 is 1.62 bits per heavy atom. The van der Waals surface area contributed by atoms with Gasteiger partial charge in [0, 0.05) is 48.0 Å². The zero-order chi connectivity index (χ0) is 20.5. The van der Waals surface area contributed by atoms with Crippen molar-refractivity contribution < 1.29 is 0 Å². The number of piperidine rings is 1. The van der Waals surface area contributed by atoms with Crippen molar-refractivity contribution in [1.29, 1.82) is 0 Å². The maximum absolute atomic E-state index is 4.62. The fourth-order valence-corrected chi connectivity index (χ4v) is 5.06. The van der Waals surface area contributed by atoms with Gasteiger partial charge in [-0.15, -0.1) is 0 Å². The van der Waals surface area contributed by atoms with E-state index in [0.717, 1.165) is 37.1 Å². The van der Waals surface area contributed by atoms with Gasteiger partial charge in [-0.05, 0) is 70.4 Å². The topological polar surface area (TPSA) is 41.1 Å². The molecule has 0 bridgehead atoms. The first-order valence-corrected chi connectivity index (χ1v) is 10.6. The summed E-state index contributed by atoms with van der Waals surface area (Å²) in [5.41, 5.74) is 3.74. The Hall–Kier alpha value is -2.30. The van der Waals surface area contributed by atoms with E-state index in [-0.39, 0.29) is 11.1 Å². The van der Waals surface area contributed by atoms with Crippen molar-refractivity contribution in [1.82, 2.24) is 20.2 Å². The van der Waals surface area contributed by atoms with Gasteiger partial charge in [0.25, 0.3) is 0 Å². The summed E-state index contributed by atoms with van der Waals surface area (Å²) in [6.45, 7) is 11.0. The Balaban J connectivity index is 1.68. The number of benzene rings is 1. The van der Waals surface area contributed by atoms with Gasteiger partial charge in [0.1, 0.15) is 0 Å². The monoisotopic (exact) mass is 388 g/mol. The molecular weight excluding hydrogens is 356 g/mol. The molecular formula is C25H32N4. The molecule has 4 heteroatoms. The van der Waals surface area contributed by atoms with Crippen LogP contribution in [0.2, 0.25) is 0 Å². The summed E-state index contributed by atoms with van der Waals surface area (Å²) in [7, 11) is 0. The van der Waals surface area contributed by atoms with E-state index < -0.39 is 0 Å². The summed E-state index contributed by atoms with van der Waals surface area (Å²) in [6, 6.07) is 17.4. The first kappa shape index (κ1) is 20.0. The number of rotatable bonds is 5. The zero-order valence-electron chi connectivity index (χ0n) is 18.0. The Labute approximate surface area is 174 Å². The molecule has 0 aliphatic carbocycles. The molecule has 4 rings (SSSR count). The summed E-state index contributed by atoms with van der Waals surface area (Å²) in [6.07, 6.45) is 6.00. The summed E-state index contributed by atoms with van der Waals surface area (Å²) < 4.78 is 0. The van der Waals surface area contributed by atoms with Crippen molar-refractivity contribution in [2.75, 3.05) is 0 Å².